The first-order valence-electron chi connectivity index (χ1n) is 7.26. The lowest BCUT2D eigenvalue weighted by Gasteiger charge is -2.19. The van der Waals surface area contributed by atoms with Crippen molar-refractivity contribution in [2.24, 2.45) is 0 Å². The molecule has 0 radical (unpaired) electrons. The Bertz CT molecular complexity index is 559. The Balaban J connectivity index is 2.15. The van der Waals surface area contributed by atoms with E-state index in [1.54, 1.807) is 7.11 Å². The van der Waals surface area contributed by atoms with E-state index in [9.17, 15) is 0 Å². The summed E-state index contributed by atoms with van der Waals surface area (Å²) in [5.74, 6) is 0.949. The molecule has 108 valence electrons. The van der Waals surface area contributed by atoms with Crippen LogP contribution >= 0.6 is 0 Å². The van der Waals surface area contributed by atoms with Gasteiger partial charge in [0.05, 0.1) is 7.11 Å². The van der Waals surface area contributed by atoms with Crippen molar-refractivity contribution in [1.82, 2.24) is 9.88 Å². The first kappa shape index (κ1) is 14.7. The van der Waals surface area contributed by atoms with E-state index in [0.717, 1.165) is 37.3 Å². The molecule has 1 heterocycles. The van der Waals surface area contributed by atoms with Gasteiger partial charge in [-0.15, -0.1) is 6.58 Å². The number of fused-ring (bicyclic) bond motifs is 1. The fraction of sp³-hybridized carbons (Fsp3) is 0.412. The van der Waals surface area contributed by atoms with E-state index in [2.05, 4.69) is 35.6 Å². The normalized spacial score (nSPS) is 11.2. The van der Waals surface area contributed by atoms with Crippen LogP contribution in [-0.4, -0.2) is 36.6 Å². The van der Waals surface area contributed by atoms with Crippen LogP contribution in [0.3, 0.4) is 0 Å². The average molecular weight is 272 g/mol. The van der Waals surface area contributed by atoms with E-state index in [1.165, 1.54) is 17.4 Å². The number of benzene rings is 1. The summed E-state index contributed by atoms with van der Waals surface area (Å²) in [6.07, 6.45) is 6.27. The van der Waals surface area contributed by atoms with Gasteiger partial charge in [-0.25, -0.2) is 0 Å². The highest BCUT2D eigenvalue weighted by Crippen LogP contribution is 2.28. The smallest absolute Gasteiger partial charge is 0.128 e. The molecule has 2 aromatic rings. The van der Waals surface area contributed by atoms with E-state index in [-0.39, 0.29) is 0 Å². The Hall–Kier alpha value is -1.74. The minimum atomic E-state index is 0.949. The first-order valence-corrected chi connectivity index (χ1v) is 7.26. The number of rotatable bonds is 8. The molecule has 0 aliphatic carbocycles. The van der Waals surface area contributed by atoms with Gasteiger partial charge >= 0.3 is 0 Å². The molecule has 0 bridgehead atoms. The molecule has 3 nitrogen and oxygen atoms in total. The Labute approximate surface area is 121 Å². The Kier molecular flexibility index (Phi) is 5.24. The molecule has 0 aliphatic rings. The third kappa shape index (κ3) is 3.23. The quantitative estimate of drug-likeness (QED) is 0.743. The zero-order valence-corrected chi connectivity index (χ0v) is 12.5. The third-order valence-electron chi connectivity index (χ3n) is 3.59. The Morgan fingerprint density at radius 3 is 2.90 bits per heavy atom. The lowest BCUT2D eigenvalue weighted by Crippen LogP contribution is -2.27. The number of hydrogen-bond acceptors (Lipinski definition) is 2. The third-order valence-corrected chi connectivity index (χ3v) is 3.59. The van der Waals surface area contributed by atoms with Crippen molar-refractivity contribution in [2.45, 2.75) is 19.8 Å². The molecule has 0 aliphatic heterocycles. The molecule has 0 saturated carbocycles. The lowest BCUT2D eigenvalue weighted by atomic mass is 10.1. The van der Waals surface area contributed by atoms with Gasteiger partial charge in [0, 0.05) is 30.2 Å². The van der Waals surface area contributed by atoms with Crippen molar-refractivity contribution in [3.05, 3.63) is 42.6 Å². The van der Waals surface area contributed by atoms with Gasteiger partial charge in [0.15, 0.2) is 0 Å². The van der Waals surface area contributed by atoms with Crippen LogP contribution in [0.4, 0.5) is 0 Å². The summed E-state index contributed by atoms with van der Waals surface area (Å²) in [4.78, 5) is 5.76. The summed E-state index contributed by atoms with van der Waals surface area (Å²) < 4.78 is 5.48. The van der Waals surface area contributed by atoms with Gasteiger partial charge in [-0.2, -0.15) is 0 Å². The van der Waals surface area contributed by atoms with Crippen LogP contribution in [0, 0.1) is 0 Å². The molecule has 0 spiro atoms. The van der Waals surface area contributed by atoms with Crippen LogP contribution in [0.1, 0.15) is 18.9 Å². The standard InChI is InChI=1S/C17H24N2O/c1-4-10-19(11-5-2)12-9-14-13-18-15-7-6-8-16(20-3)17(14)15/h4,6-8,13,18H,1,5,9-12H2,2-3H3. The number of aromatic amines is 1. The molecule has 0 fully saturated rings. The van der Waals surface area contributed by atoms with Crippen molar-refractivity contribution < 1.29 is 4.74 Å². The molecule has 20 heavy (non-hydrogen) atoms. The SMILES string of the molecule is C=CCN(CCC)CCc1c[nH]c2cccc(OC)c12. The fourth-order valence-electron chi connectivity index (χ4n) is 2.66. The summed E-state index contributed by atoms with van der Waals surface area (Å²) in [6, 6.07) is 6.13. The second-order valence-electron chi connectivity index (χ2n) is 5.04. The lowest BCUT2D eigenvalue weighted by molar-refractivity contribution is 0.307. The largest absolute Gasteiger partial charge is 0.496 e. The van der Waals surface area contributed by atoms with Crippen molar-refractivity contribution in [3.8, 4) is 5.75 Å². The van der Waals surface area contributed by atoms with E-state index in [1.807, 2.05) is 18.2 Å². The Morgan fingerprint density at radius 2 is 2.20 bits per heavy atom. The molecule has 1 aromatic carbocycles. The molecular weight excluding hydrogens is 248 g/mol. The zero-order valence-electron chi connectivity index (χ0n) is 12.5. The van der Waals surface area contributed by atoms with Gasteiger partial charge in [0.2, 0.25) is 0 Å². The number of nitrogens with zero attached hydrogens (tertiary/aromatic N) is 1. The van der Waals surface area contributed by atoms with Gasteiger partial charge < -0.3 is 9.72 Å². The van der Waals surface area contributed by atoms with Crippen LogP contribution in [-0.2, 0) is 6.42 Å². The number of hydrogen-bond donors (Lipinski definition) is 1. The van der Waals surface area contributed by atoms with Gasteiger partial charge in [-0.3, -0.25) is 4.90 Å². The van der Waals surface area contributed by atoms with Crippen LogP contribution in [0.2, 0.25) is 0 Å². The number of ether oxygens (including phenoxy) is 1. The van der Waals surface area contributed by atoms with Gasteiger partial charge in [-0.05, 0) is 37.1 Å². The second-order valence-corrected chi connectivity index (χ2v) is 5.04. The molecular formula is C17H24N2O. The first-order chi connectivity index (χ1) is 9.80. The minimum absolute atomic E-state index is 0.949. The molecule has 0 saturated heterocycles. The average Bonchev–Trinajstić information content (AvgIpc) is 2.88. The second kappa shape index (κ2) is 7.15. The number of aromatic nitrogens is 1. The number of H-pyrrole nitrogens is 1. The van der Waals surface area contributed by atoms with Crippen LogP contribution in [0.15, 0.2) is 37.1 Å². The molecule has 0 atom stereocenters. The van der Waals surface area contributed by atoms with Gasteiger partial charge in [0.1, 0.15) is 5.75 Å². The summed E-state index contributed by atoms with van der Waals surface area (Å²) in [6.45, 7) is 9.17. The highest BCUT2D eigenvalue weighted by Gasteiger charge is 2.10. The van der Waals surface area contributed by atoms with Gasteiger partial charge in [-0.1, -0.05) is 19.1 Å². The molecule has 2 rings (SSSR count). The summed E-state index contributed by atoms with van der Waals surface area (Å²) in [7, 11) is 1.73. The molecule has 3 heteroatoms. The van der Waals surface area contributed by atoms with Crippen LogP contribution in [0.5, 0.6) is 5.75 Å². The van der Waals surface area contributed by atoms with Crippen molar-refractivity contribution >= 4 is 10.9 Å². The van der Waals surface area contributed by atoms with E-state index in [0.29, 0.717) is 0 Å². The summed E-state index contributed by atoms with van der Waals surface area (Å²) >= 11 is 0. The number of methoxy groups -OCH3 is 1. The minimum Gasteiger partial charge on any atom is -0.496 e. The molecule has 1 aromatic heterocycles. The van der Waals surface area contributed by atoms with Crippen molar-refractivity contribution in [2.75, 3.05) is 26.7 Å². The predicted octanol–water partition coefficient (Wildman–Crippen LogP) is 3.62. The van der Waals surface area contributed by atoms with Gasteiger partial charge in [0.25, 0.3) is 0 Å². The summed E-state index contributed by atoms with van der Waals surface area (Å²) in [5, 5.41) is 1.21. The van der Waals surface area contributed by atoms with Crippen LogP contribution < -0.4 is 4.74 Å². The van der Waals surface area contributed by atoms with E-state index >= 15 is 0 Å². The Morgan fingerprint density at radius 1 is 1.35 bits per heavy atom. The fourth-order valence-corrected chi connectivity index (χ4v) is 2.66. The van der Waals surface area contributed by atoms with E-state index < -0.39 is 0 Å². The predicted molar refractivity (Wildman–Crippen MR) is 85.5 cm³/mol. The highest BCUT2D eigenvalue weighted by atomic mass is 16.5. The maximum atomic E-state index is 5.48. The molecule has 0 amide bonds. The summed E-state index contributed by atoms with van der Waals surface area (Å²) in [5.41, 5.74) is 2.47. The molecule has 1 N–H and O–H groups in total. The number of nitrogens with one attached hydrogen (secondary N) is 1. The zero-order chi connectivity index (χ0) is 14.4. The molecule has 0 unspecified atom stereocenters. The van der Waals surface area contributed by atoms with Crippen molar-refractivity contribution in [1.29, 1.82) is 0 Å². The maximum Gasteiger partial charge on any atom is 0.128 e. The van der Waals surface area contributed by atoms with Crippen LogP contribution in [0.25, 0.3) is 10.9 Å². The van der Waals surface area contributed by atoms with E-state index in [4.69, 9.17) is 4.74 Å². The maximum absolute atomic E-state index is 5.48. The topological polar surface area (TPSA) is 28.3 Å². The monoisotopic (exact) mass is 272 g/mol. The highest BCUT2D eigenvalue weighted by molar-refractivity contribution is 5.89. The van der Waals surface area contributed by atoms with Crippen molar-refractivity contribution in [3.63, 3.8) is 0 Å².